The third-order valence-electron chi connectivity index (χ3n) is 2.85. The first-order valence-electron chi connectivity index (χ1n) is 6.81. The first-order valence-corrected chi connectivity index (χ1v) is 6.81. The second kappa shape index (κ2) is 7.80. The summed E-state index contributed by atoms with van der Waals surface area (Å²) in [5.41, 5.74) is 1.24. The number of aromatic nitrogens is 1. The molecule has 6 nitrogen and oxygen atoms in total. The molecule has 1 aromatic carbocycles. The van der Waals surface area contributed by atoms with Crippen molar-refractivity contribution in [1.29, 1.82) is 0 Å². The molecule has 2 amide bonds. The van der Waals surface area contributed by atoms with Gasteiger partial charge in [-0.05, 0) is 30.3 Å². The highest BCUT2D eigenvalue weighted by Gasteiger charge is 2.14. The maximum atomic E-state index is 12.2. The molecular weight excluding hydrogens is 282 g/mol. The summed E-state index contributed by atoms with van der Waals surface area (Å²) < 4.78 is 0. The van der Waals surface area contributed by atoms with Crippen molar-refractivity contribution < 1.29 is 14.7 Å². The van der Waals surface area contributed by atoms with Crippen molar-refractivity contribution in [3.8, 4) is 0 Å². The van der Waals surface area contributed by atoms with Gasteiger partial charge in [-0.15, -0.1) is 0 Å². The Morgan fingerprint density at radius 3 is 2.55 bits per heavy atom. The molecule has 0 bridgehead atoms. The van der Waals surface area contributed by atoms with Crippen LogP contribution in [0.25, 0.3) is 6.08 Å². The summed E-state index contributed by atoms with van der Waals surface area (Å²) in [5, 5.41) is 13.9. The molecule has 4 N–H and O–H groups in total. The minimum absolute atomic E-state index is 0.102. The Labute approximate surface area is 127 Å². The van der Waals surface area contributed by atoms with Crippen LogP contribution in [0.2, 0.25) is 0 Å². The third-order valence-corrected chi connectivity index (χ3v) is 2.85. The Morgan fingerprint density at radius 1 is 1.14 bits per heavy atom. The number of H-pyrrole nitrogens is 1. The van der Waals surface area contributed by atoms with Gasteiger partial charge in [-0.2, -0.15) is 0 Å². The number of carbonyl (C=O) groups excluding carboxylic acids is 2. The van der Waals surface area contributed by atoms with Crippen molar-refractivity contribution in [2.45, 2.75) is 0 Å². The molecular formula is C16H17N3O3. The number of carbonyl (C=O) groups is 2. The van der Waals surface area contributed by atoms with E-state index >= 15 is 0 Å². The molecule has 0 aliphatic heterocycles. The molecule has 6 heteroatoms. The van der Waals surface area contributed by atoms with Gasteiger partial charge in [-0.3, -0.25) is 9.59 Å². The third kappa shape index (κ3) is 4.32. The Bertz CT molecular complexity index is 649. The van der Waals surface area contributed by atoms with Gasteiger partial charge in [0.25, 0.3) is 11.8 Å². The van der Waals surface area contributed by atoms with E-state index in [2.05, 4.69) is 15.6 Å². The van der Waals surface area contributed by atoms with Crippen LogP contribution in [0.1, 0.15) is 16.1 Å². The predicted molar refractivity (Wildman–Crippen MR) is 82.8 cm³/mol. The maximum Gasteiger partial charge on any atom is 0.267 e. The van der Waals surface area contributed by atoms with Gasteiger partial charge in [-0.1, -0.05) is 18.2 Å². The first kappa shape index (κ1) is 15.5. The van der Waals surface area contributed by atoms with Crippen LogP contribution in [0.4, 0.5) is 0 Å². The average Bonchev–Trinajstić information content (AvgIpc) is 3.05. The predicted octanol–water partition coefficient (Wildman–Crippen LogP) is 0.894. The van der Waals surface area contributed by atoms with Gasteiger partial charge in [0.15, 0.2) is 0 Å². The van der Waals surface area contributed by atoms with E-state index in [4.69, 9.17) is 5.11 Å². The molecule has 0 radical (unpaired) electrons. The Balaban J connectivity index is 2.17. The highest BCUT2D eigenvalue weighted by molar-refractivity contribution is 6.05. The Hall–Kier alpha value is -2.86. The number of nitrogens with one attached hydrogen (secondary N) is 3. The molecule has 0 saturated heterocycles. The van der Waals surface area contributed by atoms with Gasteiger partial charge in [0, 0.05) is 24.0 Å². The molecule has 1 aromatic heterocycles. The van der Waals surface area contributed by atoms with Crippen molar-refractivity contribution in [2.24, 2.45) is 0 Å². The zero-order chi connectivity index (χ0) is 15.8. The monoisotopic (exact) mass is 299 g/mol. The number of rotatable bonds is 6. The highest BCUT2D eigenvalue weighted by Crippen LogP contribution is 2.05. The van der Waals surface area contributed by atoms with Gasteiger partial charge in [0.05, 0.1) is 6.61 Å². The van der Waals surface area contributed by atoms with Crippen molar-refractivity contribution in [2.75, 3.05) is 13.2 Å². The minimum atomic E-state index is -0.465. The number of benzene rings is 1. The second-order valence-corrected chi connectivity index (χ2v) is 4.48. The topological polar surface area (TPSA) is 94.2 Å². The van der Waals surface area contributed by atoms with Crippen LogP contribution in [-0.4, -0.2) is 35.1 Å². The van der Waals surface area contributed by atoms with Crippen LogP contribution in [0.5, 0.6) is 0 Å². The van der Waals surface area contributed by atoms with Gasteiger partial charge in [-0.25, -0.2) is 0 Å². The van der Waals surface area contributed by atoms with Crippen LogP contribution >= 0.6 is 0 Å². The summed E-state index contributed by atoms with van der Waals surface area (Å²) in [6.45, 7) is -0.0593. The van der Waals surface area contributed by atoms with E-state index in [9.17, 15) is 9.59 Å². The fraction of sp³-hybridized carbons (Fsp3) is 0.125. The normalized spacial score (nSPS) is 11.0. The fourth-order valence-electron chi connectivity index (χ4n) is 1.80. The molecule has 0 atom stereocenters. The molecule has 0 spiro atoms. The van der Waals surface area contributed by atoms with Crippen molar-refractivity contribution in [1.82, 2.24) is 15.6 Å². The van der Waals surface area contributed by atoms with E-state index in [1.165, 1.54) is 6.08 Å². The smallest absolute Gasteiger partial charge is 0.267 e. The molecule has 22 heavy (non-hydrogen) atoms. The molecule has 1 heterocycles. The van der Waals surface area contributed by atoms with Crippen molar-refractivity contribution in [3.63, 3.8) is 0 Å². The van der Waals surface area contributed by atoms with Crippen LogP contribution < -0.4 is 10.6 Å². The molecule has 0 saturated carbocycles. The molecule has 114 valence electrons. The summed E-state index contributed by atoms with van der Waals surface area (Å²) in [7, 11) is 0. The van der Waals surface area contributed by atoms with Gasteiger partial charge in [0.2, 0.25) is 0 Å². The minimum Gasteiger partial charge on any atom is -0.395 e. The summed E-state index contributed by atoms with van der Waals surface area (Å²) in [4.78, 5) is 27.2. The lowest BCUT2D eigenvalue weighted by Crippen LogP contribution is -2.36. The first-order chi connectivity index (χ1) is 10.7. The van der Waals surface area contributed by atoms with Gasteiger partial charge in [0.1, 0.15) is 5.70 Å². The molecule has 0 aliphatic rings. The summed E-state index contributed by atoms with van der Waals surface area (Å²) >= 11 is 0. The second-order valence-electron chi connectivity index (χ2n) is 4.48. The zero-order valence-electron chi connectivity index (χ0n) is 11.9. The number of hydrogen-bond donors (Lipinski definition) is 4. The molecule has 0 unspecified atom stereocenters. The molecule has 0 fully saturated rings. The van der Waals surface area contributed by atoms with E-state index in [-0.39, 0.29) is 24.8 Å². The van der Waals surface area contributed by atoms with Crippen LogP contribution in [0, 0.1) is 0 Å². The van der Waals surface area contributed by atoms with Crippen molar-refractivity contribution >= 4 is 17.9 Å². The standard InChI is InChI=1S/C16H17N3O3/c20-10-9-18-16(22)14(11-13-7-4-8-17-13)19-15(21)12-5-2-1-3-6-12/h1-8,11,17,20H,9-10H2,(H,18,22)(H,19,21)/b14-11-. The summed E-state index contributed by atoms with van der Waals surface area (Å²) in [6, 6.07) is 12.2. The SMILES string of the molecule is O=C(NCCO)/C(=C/c1ccc[nH]1)NC(=O)c1ccccc1. The molecule has 0 aliphatic carbocycles. The lowest BCUT2D eigenvalue weighted by Gasteiger charge is -2.10. The van der Waals surface area contributed by atoms with Gasteiger partial charge >= 0.3 is 0 Å². The highest BCUT2D eigenvalue weighted by atomic mass is 16.3. The average molecular weight is 299 g/mol. The Morgan fingerprint density at radius 2 is 1.91 bits per heavy atom. The fourth-order valence-corrected chi connectivity index (χ4v) is 1.80. The van der Waals surface area contributed by atoms with Crippen molar-refractivity contribution in [3.05, 3.63) is 65.6 Å². The zero-order valence-corrected chi connectivity index (χ0v) is 11.9. The molecule has 2 aromatic rings. The number of hydrogen-bond acceptors (Lipinski definition) is 3. The van der Waals surface area contributed by atoms with E-state index in [1.54, 1.807) is 48.7 Å². The lowest BCUT2D eigenvalue weighted by atomic mass is 10.2. The number of aliphatic hydroxyl groups is 1. The molecule has 2 rings (SSSR count). The summed E-state index contributed by atoms with van der Waals surface area (Å²) in [5.74, 6) is -0.842. The number of aliphatic hydroxyl groups excluding tert-OH is 1. The van der Waals surface area contributed by atoms with E-state index in [1.807, 2.05) is 0 Å². The van der Waals surface area contributed by atoms with Crippen LogP contribution in [-0.2, 0) is 4.79 Å². The quantitative estimate of drug-likeness (QED) is 0.597. The Kier molecular flexibility index (Phi) is 5.50. The number of amides is 2. The van der Waals surface area contributed by atoms with E-state index < -0.39 is 5.91 Å². The lowest BCUT2D eigenvalue weighted by molar-refractivity contribution is -0.117. The van der Waals surface area contributed by atoms with Gasteiger partial charge < -0.3 is 20.7 Å². The van der Waals surface area contributed by atoms with E-state index in [0.717, 1.165) is 0 Å². The van der Waals surface area contributed by atoms with Crippen LogP contribution in [0.3, 0.4) is 0 Å². The largest absolute Gasteiger partial charge is 0.395 e. The van der Waals surface area contributed by atoms with E-state index in [0.29, 0.717) is 11.3 Å². The van der Waals surface area contributed by atoms with Crippen LogP contribution in [0.15, 0.2) is 54.4 Å². The maximum absolute atomic E-state index is 12.2. The number of aromatic amines is 1. The summed E-state index contributed by atoms with van der Waals surface area (Å²) in [6.07, 6.45) is 3.25.